The second-order valence-corrected chi connectivity index (χ2v) is 4.26. The molecule has 0 aromatic heterocycles. The van der Waals surface area contributed by atoms with Crippen molar-refractivity contribution in [1.29, 1.82) is 0 Å². The van der Waals surface area contributed by atoms with Crippen LogP contribution in [0.5, 0.6) is 5.75 Å². The number of carbonyl (C=O) groups is 2. The first-order valence-corrected chi connectivity index (χ1v) is 6.07. The lowest BCUT2D eigenvalue weighted by Crippen LogP contribution is -2.32. The predicted molar refractivity (Wildman–Crippen MR) is 69.3 cm³/mol. The van der Waals surface area contributed by atoms with E-state index in [-0.39, 0.29) is 5.78 Å². The highest BCUT2D eigenvalue weighted by molar-refractivity contribution is 5.79. The smallest absolute Gasteiger partial charge is 0.258 e. The van der Waals surface area contributed by atoms with Gasteiger partial charge in [0.25, 0.3) is 5.91 Å². The number of ketones is 1. The number of hydrogen-bond donors (Lipinski definition) is 1. The van der Waals surface area contributed by atoms with Crippen LogP contribution in [0.25, 0.3) is 0 Å². The zero-order valence-corrected chi connectivity index (χ0v) is 10.8. The molecule has 0 fully saturated rings. The number of nitrogens with two attached hydrogens (primary N) is 1. The van der Waals surface area contributed by atoms with Crippen LogP contribution in [-0.2, 0) is 16.0 Å². The van der Waals surface area contributed by atoms with Gasteiger partial charge in [0.15, 0.2) is 6.10 Å². The molecule has 4 heteroatoms. The lowest BCUT2D eigenvalue weighted by atomic mass is 10.1. The van der Waals surface area contributed by atoms with Crippen molar-refractivity contribution in [1.82, 2.24) is 0 Å². The first-order chi connectivity index (χ1) is 8.52. The molecule has 0 radical (unpaired) electrons. The Bertz CT molecular complexity index is 412. The number of Topliss-reactive ketones (excluding diaryl/α,β-unsaturated/α-hetero) is 1. The maximum absolute atomic E-state index is 11.0. The Morgan fingerprint density at radius 1 is 1.28 bits per heavy atom. The summed E-state index contributed by atoms with van der Waals surface area (Å²) in [6, 6.07) is 7.38. The molecule has 0 saturated heterocycles. The molecule has 4 nitrogen and oxygen atoms in total. The summed E-state index contributed by atoms with van der Waals surface area (Å²) in [6.07, 6.45) is 1.22. The van der Waals surface area contributed by atoms with E-state index in [1.807, 2.05) is 19.1 Å². The minimum Gasteiger partial charge on any atom is -0.481 e. The third-order valence-corrected chi connectivity index (χ3v) is 2.66. The Hall–Kier alpha value is -1.84. The summed E-state index contributed by atoms with van der Waals surface area (Å²) >= 11 is 0. The lowest BCUT2D eigenvalue weighted by molar-refractivity contribution is -0.124. The van der Waals surface area contributed by atoms with Crippen LogP contribution in [0.2, 0.25) is 0 Å². The van der Waals surface area contributed by atoms with Crippen molar-refractivity contribution in [3.63, 3.8) is 0 Å². The van der Waals surface area contributed by atoms with Gasteiger partial charge in [-0.1, -0.05) is 19.1 Å². The van der Waals surface area contributed by atoms with Gasteiger partial charge in [0.2, 0.25) is 0 Å². The Morgan fingerprint density at radius 3 is 2.33 bits per heavy atom. The molecule has 0 aliphatic heterocycles. The number of benzene rings is 1. The van der Waals surface area contributed by atoms with E-state index in [9.17, 15) is 9.59 Å². The van der Waals surface area contributed by atoms with Crippen molar-refractivity contribution < 1.29 is 14.3 Å². The van der Waals surface area contributed by atoms with Gasteiger partial charge in [-0.15, -0.1) is 0 Å². The van der Waals surface area contributed by atoms with Crippen molar-refractivity contribution in [3.05, 3.63) is 29.8 Å². The maximum atomic E-state index is 11.0. The van der Waals surface area contributed by atoms with E-state index in [1.54, 1.807) is 19.1 Å². The van der Waals surface area contributed by atoms with E-state index in [0.717, 1.165) is 12.0 Å². The number of carbonyl (C=O) groups excluding carboxylic acids is 2. The number of aryl methyl sites for hydroxylation is 1. The third kappa shape index (κ3) is 4.57. The molecule has 0 heterocycles. The molecule has 1 rings (SSSR count). The monoisotopic (exact) mass is 249 g/mol. The molecule has 0 spiro atoms. The summed E-state index contributed by atoms with van der Waals surface area (Å²) in [6.45, 7) is 3.42. The second kappa shape index (κ2) is 6.79. The minimum absolute atomic E-state index is 0.176. The van der Waals surface area contributed by atoms with E-state index in [4.69, 9.17) is 10.5 Å². The molecule has 98 valence electrons. The van der Waals surface area contributed by atoms with Gasteiger partial charge in [-0.05, 0) is 37.5 Å². The van der Waals surface area contributed by atoms with E-state index < -0.39 is 12.0 Å². The fourth-order valence-electron chi connectivity index (χ4n) is 1.56. The Balaban J connectivity index is 2.59. The van der Waals surface area contributed by atoms with Gasteiger partial charge in [-0.25, -0.2) is 0 Å². The molecule has 2 N–H and O–H groups in total. The molecular formula is C14H19NO3. The standard InChI is InChI=1S/C14H19NO3/c1-3-13(14(15)17)18-12-8-6-11(7-9-12)5-4-10(2)16/h6-9,13H,3-5H2,1-2H3,(H2,15,17). The average molecular weight is 249 g/mol. The number of hydrogen-bond acceptors (Lipinski definition) is 3. The number of primary amides is 1. The van der Waals surface area contributed by atoms with Crippen LogP contribution in [0.3, 0.4) is 0 Å². The average Bonchev–Trinajstić information content (AvgIpc) is 2.34. The van der Waals surface area contributed by atoms with Crippen LogP contribution in [0.1, 0.15) is 32.3 Å². The summed E-state index contributed by atoms with van der Waals surface area (Å²) in [7, 11) is 0. The van der Waals surface area contributed by atoms with Crippen molar-refractivity contribution in [2.45, 2.75) is 39.2 Å². The van der Waals surface area contributed by atoms with Crippen LogP contribution >= 0.6 is 0 Å². The fraction of sp³-hybridized carbons (Fsp3) is 0.429. The predicted octanol–water partition coefficient (Wildman–Crippen LogP) is 1.85. The molecule has 0 aliphatic carbocycles. The zero-order chi connectivity index (χ0) is 13.5. The quantitative estimate of drug-likeness (QED) is 0.801. The summed E-state index contributed by atoms with van der Waals surface area (Å²) in [5.41, 5.74) is 6.28. The van der Waals surface area contributed by atoms with E-state index in [1.165, 1.54) is 0 Å². The summed E-state index contributed by atoms with van der Waals surface area (Å²) in [5, 5.41) is 0. The zero-order valence-electron chi connectivity index (χ0n) is 10.8. The van der Waals surface area contributed by atoms with Crippen molar-refractivity contribution in [3.8, 4) is 5.75 Å². The molecule has 0 saturated carbocycles. The topological polar surface area (TPSA) is 69.4 Å². The molecule has 1 unspecified atom stereocenters. The van der Waals surface area contributed by atoms with Crippen molar-refractivity contribution >= 4 is 11.7 Å². The molecule has 1 amide bonds. The maximum Gasteiger partial charge on any atom is 0.258 e. The van der Waals surface area contributed by atoms with E-state index >= 15 is 0 Å². The first kappa shape index (κ1) is 14.2. The van der Waals surface area contributed by atoms with Gasteiger partial charge in [-0.3, -0.25) is 4.79 Å². The van der Waals surface area contributed by atoms with Gasteiger partial charge in [-0.2, -0.15) is 0 Å². The summed E-state index contributed by atoms with van der Waals surface area (Å²) in [5.74, 6) is 0.334. The molecule has 1 aromatic carbocycles. The van der Waals surface area contributed by atoms with Crippen LogP contribution in [0, 0.1) is 0 Å². The third-order valence-electron chi connectivity index (χ3n) is 2.66. The highest BCUT2D eigenvalue weighted by Crippen LogP contribution is 2.16. The highest BCUT2D eigenvalue weighted by atomic mass is 16.5. The van der Waals surface area contributed by atoms with E-state index in [2.05, 4.69) is 0 Å². The van der Waals surface area contributed by atoms with Crippen LogP contribution in [0.4, 0.5) is 0 Å². The second-order valence-electron chi connectivity index (χ2n) is 4.26. The van der Waals surface area contributed by atoms with Crippen LogP contribution in [-0.4, -0.2) is 17.8 Å². The Labute approximate surface area is 107 Å². The van der Waals surface area contributed by atoms with Crippen molar-refractivity contribution in [2.24, 2.45) is 5.73 Å². The van der Waals surface area contributed by atoms with Gasteiger partial charge >= 0.3 is 0 Å². The largest absolute Gasteiger partial charge is 0.481 e. The van der Waals surface area contributed by atoms with E-state index in [0.29, 0.717) is 18.6 Å². The number of ether oxygens (including phenoxy) is 1. The first-order valence-electron chi connectivity index (χ1n) is 6.07. The van der Waals surface area contributed by atoms with Crippen LogP contribution in [0.15, 0.2) is 24.3 Å². The molecule has 1 atom stereocenters. The summed E-state index contributed by atoms with van der Waals surface area (Å²) in [4.78, 5) is 21.9. The van der Waals surface area contributed by atoms with Crippen molar-refractivity contribution in [2.75, 3.05) is 0 Å². The van der Waals surface area contributed by atoms with Gasteiger partial charge in [0, 0.05) is 6.42 Å². The molecule has 1 aromatic rings. The molecule has 0 aliphatic rings. The molecular weight excluding hydrogens is 230 g/mol. The van der Waals surface area contributed by atoms with Crippen LogP contribution < -0.4 is 10.5 Å². The molecule has 0 bridgehead atoms. The Morgan fingerprint density at radius 2 is 1.89 bits per heavy atom. The van der Waals surface area contributed by atoms with Gasteiger partial charge < -0.3 is 15.3 Å². The van der Waals surface area contributed by atoms with Gasteiger partial charge in [0.05, 0.1) is 0 Å². The fourth-order valence-corrected chi connectivity index (χ4v) is 1.56. The number of amides is 1. The molecule has 18 heavy (non-hydrogen) atoms. The lowest BCUT2D eigenvalue weighted by Gasteiger charge is -2.14. The Kier molecular flexibility index (Phi) is 5.36. The SMILES string of the molecule is CCC(Oc1ccc(CCC(C)=O)cc1)C(N)=O. The number of rotatable bonds is 7. The van der Waals surface area contributed by atoms with Gasteiger partial charge in [0.1, 0.15) is 11.5 Å². The normalized spacial score (nSPS) is 11.9. The highest BCUT2D eigenvalue weighted by Gasteiger charge is 2.14. The summed E-state index contributed by atoms with van der Waals surface area (Å²) < 4.78 is 5.46. The minimum atomic E-state index is -0.590.